The molecule has 1 aromatic carbocycles. The van der Waals surface area contributed by atoms with E-state index in [0.29, 0.717) is 31.2 Å². The Morgan fingerprint density at radius 3 is 2.45 bits per heavy atom. The molecule has 0 aliphatic carbocycles. The Bertz CT molecular complexity index is 420. The lowest BCUT2D eigenvalue weighted by molar-refractivity contribution is -0.137. The molecule has 0 aliphatic heterocycles. The zero-order chi connectivity index (χ0) is 15.0. The lowest BCUT2D eigenvalue weighted by Gasteiger charge is -2.25. The van der Waals surface area contributed by atoms with Gasteiger partial charge in [-0.15, -0.1) is 0 Å². The Morgan fingerprint density at radius 1 is 1.25 bits per heavy atom. The Labute approximate surface area is 120 Å². The largest absolute Gasteiger partial charge is 0.493 e. The molecule has 0 unspecified atom stereocenters. The number of carboxylic acid groups (broad SMARTS) is 1. The molecule has 0 saturated heterocycles. The van der Waals surface area contributed by atoms with Gasteiger partial charge in [0.15, 0.2) is 11.5 Å². The standard InChI is InChI=1S/C15H23NO4/c1-12(2)16(9-8-15(17)18)10-11-20-14-7-5-4-6-13(14)19-3/h4-7,12H,8-11H2,1-3H3,(H,17,18). The highest BCUT2D eigenvalue weighted by Crippen LogP contribution is 2.25. The van der Waals surface area contributed by atoms with Crippen LogP contribution < -0.4 is 9.47 Å². The molecule has 1 rings (SSSR count). The van der Waals surface area contributed by atoms with E-state index in [2.05, 4.69) is 4.90 Å². The first-order valence-electron chi connectivity index (χ1n) is 6.76. The average Bonchev–Trinajstić information content (AvgIpc) is 2.42. The van der Waals surface area contributed by atoms with Crippen LogP contribution in [0.15, 0.2) is 24.3 Å². The molecule has 1 N–H and O–H groups in total. The summed E-state index contributed by atoms with van der Waals surface area (Å²) in [6, 6.07) is 7.77. The van der Waals surface area contributed by atoms with Crippen LogP contribution in [0.3, 0.4) is 0 Å². The van der Waals surface area contributed by atoms with E-state index in [0.717, 1.165) is 0 Å². The van der Waals surface area contributed by atoms with Crippen LogP contribution in [0, 0.1) is 0 Å². The fourth-order valence-corrected chi connectivity index (χ4v) is 1.88. The van der Waals surface area contributed by atoms with Crippen LogP contribution in [-0.2, 0) is 4.79 Å². The number of rotatable bonds is 9. The topological polar surface area (TPSA) is 59.0 Å². The third-order valence-electron chi connectivity index (χ3n) is 3.05. The minimum absolute atomic E-state index is 0.146. The van der Waals surface area contributed by atoms with E-state index in [4.69, 9.17) is 14.6 Å². The van der Waals surface area contributed by atoms with Crippen molar-refractivity contribution >= 4 is 5.97 Å². The van der Waals surface area contributed by atoms with Crippen molar-refractivity contribution in [2.75, 3.05) is 26.8 Å². The number of methoxy groups -OCH3 is 1. The molecule has 0 saturated carbocycles. The summed E-state index contributed by atoms with van der Waals surface area (Å²) in [5.74, 6) is 0.632. The highest BCUT2D eigenvalue weighted by atomic mass is 16.5. The number of ether oxygens (including phenoxy) is 2. The van der Waals surface area contributed by atoms with Crippen molar-refractivity contribution in [2.24, 2.45) is 0 Å². The summed E-state index contributed by atoms with van der Waals surface area (Å²) < 4.78 is 10.9. The van der Waals surface area contributed by atoms with Gasteiger partial charge in [0.25, 0.3) is 0 Å². The molecule has 0 aromatic heterocycles. The minimum Gasteiger partial charge on any atom is -0.493 e. The molecule has 5 heteroatoms. The van der Waals surface area contributed by atoms with Crippen LogP contribution in [-0.4, -0.2) is 48.8 Å². The second kappa shape index (κ2) is 8.43. The number of carboxylic acids is 1. The molecule has 112 valence electrons. The van der Waals surface area contributed by atoms with Crippen LogP contribution in [0.1, 0.15) is 20.3 Å². The third-order valence-corrected chi connectivity index (χ3v) is 3.05. The number of benzene rings is 1. The monoisotopic (exact) mass is 281 g/mol. The SMILES string of the molecule is COc1ccccc1OCCN(CCC(=O)O)C(C)C. The van der Waals surface area contributed by atoms with E-state index in [1.807, 2.05) is 38.1 Å². The number of nitrogens with zero attached hydrogens (tertiary/aromatic N) is 1. The number of hydrogen-bond donors (Lipinski definition) is 1. The zero-order valence-corrected chi connectivity index (χ0v) is 12.3. The van der Waals surface area contributed by atoms with Crippen molar-refractivity contribution in [3.8, 4) is 11.5 Å². The summed E-state index contributed by atoms with van der Waals surface area (Å²) in [7, 11) is 1.61. The molecule has 0 spiro atoms. The highest BCUT2D eigenvalue weighted by Gasteiger charge is 2.11. The lowest BCUT2D eigenvalue weighted by Crippen LogP contribution is -2.36. The fourth-order valence-electron chi connectivity index (χ4n) is 1.88. The second-order valence-electron chi connectivity index (χ2n) is 4.77. The van der Waals surface area contributed by atoms with Gasteiger partial charge in [0.2, 0.25) is 0 Å². The highest BCUT2D eigenvalue weighted by molar-refractivity contribution is 5.66. The zero-order valence-electron chi connectivity index (χ0n) is 12.3. The van der Waals surface area contributed by atoms with Crippen LogP contribution in [0.5, 0.6) is 11.5 Å². The molecule has 0 fully saturated rings. The van der Waals surface area contributed by atoms with Gasteiger partial charge in [0.1, 0.15) is 6.61 Å². The van der Waals surface area contributed by atoms with Crippen molar-refractivity contribution < 1.29 is 19.4 Å². The molecule has 20 heavy (non-hydrogen) atoms. The van der Waals surface area contributed by atoms with Crippen molar-refractivity contribution in [3.63, 3.8) is 0 Å². The molecule has 1 aromatic rings. The van der Waals surface area contributed by atoms with Gasteiger partial charge < -0.3 is 14.6 Å². The van der Waals surface area contributed by atoms with Crippen LogP contribution >= 0.6 is 0 Å². The first-order valence-corrected chi connectivity index (χ1v) is 6.76. The fraction of sp³-hybridized carbons (Fsp3) is 0.533. The first kappa shape index (κ1) is 16.3. The lowest BCUT2D eigenvalue weighted by atomic mass is 10.3. The van der Waals surface area contributed by atoms with Crippen molar-refractivity contribution in [1.29, 1.82) is 0 Å². The molecule has 0 atom stereocenters. The van der Waals surface area contributed by atoms with Crippen LogP contribution in [0.2, 0.25) is 0 Å². The maximum Gasteiger partial charge on any atom is 0.304 e. The van der Waals surface area contributed by atoms with Gasteiger partial charge in [-0.25, -0.2) is 0 Å². The summed E-state index contributed by atoms with van der Waals surface area (Å²) in [5.41, 5.74) is 0. The number of aliphatic carboxylic acids is 1. The average molecular weight is 281 g/mol. The normalized spacial score (nSPS) is 10.8. The Balaban J connectivity index is 2.45. The smallest absolute Gasteiger partial charge is 0.304 e. The summed E-state index contributed by atoms with van der Waals surface area (Å²) in [6.45, 7) is 5.80. The third kappa shape index (κ3) is 5.48. The molecule has 5 nitrogen and oxygen atoms in total. The maximum atomic E-state index is 10.6. The van der Waals surface area contributed by atoms with E-state index < -0.39 is 5.97 Å². The summed E-state index contributed by atoms with van der Waals surface area (Å²) in [4.78, 5) is 12.7. The summed E-state index contributed by atoms with van der Waals surface area (Å²) >= 11 is 0. The Hall–Kier alpha value is -1.75. The first-order chi connectivity index (χ1) is 9.54. The molecule has 0 bridgehead atoms. The van der Waals surface area contributed by atoms with E-state index in [-0.39, 0.29) is 12.5 Å². The number of hydrogen-bond acceptors (Lipinski definition) is 4. The number of carbonyl (C=O) groups is 1. The van der Waals surface area contributed by atoms with Gasteiger partial charge in [-0.2, -0.15) is 0 Å². The van der Waals surface area contributed by atoms with E-state index in [1.54, 1.807) is 7.11 Å². The molecule has 0 amide bonds. The van der Waals surface area contributed by atoms with Gasteiger partial charge in [0, 0.05) is 19.1 Å². The predicted molar refractivity (Wildman–Crippen MR) is 77.5 cm³/mol. The van der Waals surface area contributed by atoms with Crippen molar-refractivity contribution in [1.82, 2.24) is 4.90 Å². The van der Waals surface area contributed by atoms with Gasteiger partial charge in [-0.05, 0) is 26.0 Å². The molecule has 0 radical (unpaired) electrons. The van der Waals surface area contributed by atoms with E-state index in [1.165, 1.54) is 0 Å². The number of para-hydroxylation sites is 2. The van der Waals surface area contributed by atoms with Crippen molar-refractivity contribution in [2.45, 2.75) is 26.3 Å². The molecule has 0 aliphatic rings. The minimum atomic E-state index is -0.777. The maximum absolute atomic E-state index is 10.6. The van der Waals surface area contributed by atoms with Crippen molar-refractivity contribution in [3.05, 3.63) is 24.3 Å². The van der Waals surface area contributed by atoms with Gasteiger partial charge in [0.05, 0.1) is 13.5 Å². The van der Waals surface area contributed by atoms with Gasteiger partial charge >= 0.3 is 5.97 Å². The van der Waals surface area contributed by atoms with Gasteiger partial charge in [-0.3, -0.25) is 9.69 Å². The molecular formula is C15H23NO4. The summed E-state index contributed by atoms with van der Waals surface area (Å²) in [6.07, 6.45) is 0.146. The summed E-state index contributed by atoms with van der Waals surface area (Å²) in [5, 5.41) is 8.74. The Morgan fingerprint density at radius 2 is 1.90 bits per heavy atom. The van der Waals surface area contributed by atoms with E-state index in [9.17, 15) is 4.79 Å². The quantitative estimate of drug-likeness (QED) is 0.752. The van der Waals surface area contributed by atoms with Gasteiger partial charge in [-0.1, -0.05) is 12.1 Å². The predicted octanol–water partition coefficient (Wildman–Crippen LogP) is 2.26. The molecular weight excluding hydrogens is 258 g/mol. The van der Waals surface area contributed by atoms with Crippen LogP contribution in [0.4, 0.5) is 0 Å². The van der Waals surface area contributed by atoms with E-state index >= 15 is 0 Å². The van der Waals surface area contributed by atoms with Crippen LogP contribution in [0.25, 0.3) is 0 Å². The molecule has 0 heterocycles. The Kier molecular flexibility index (Phi) is 6.87. The second-order valence-corrected chi connectivity index (χ2v) is 4.77.